The number of amides is 1. The van der Waals surface area contributed by atoms with Crippen molar-refractivity contribution < 1.29 is 19.1 Å². The summed E-state index contributed by atoms with van der Waals surface area (Å²) in [6.07, 6.45) is 1.51. The molecule has 0 saturated heterocycles. The van der Waals surface area contributed by atoms with Crippen LogP contribution < -0.4 is 5.32 Å². The Balaban J connectivity index is 2.76. The maximum Gasteiger partial charge on any atom is 0.408 e. The monoisotopic (exact) mass is 383 g/mol. The smallest absolute Gasteiger partial charge is 0.408 e. The van der Waals surface area contributed by atoms with Crippen LogP contribution in [0.2, 0.25) is 0 Å². The third kappa shape index (κ3) is 4.81. The minimum absolute atomic E-state index is 0.308. The number of nitrogens with one attached hydrogen (secondary N) is 1. The van der Waals surface area contributed by atoms with Crippen LogP contribution in [0.3, 0.4) is 0 Å². The molecular formula is C13H22INO4. The van der Waals surface area contributed by atoms with Crippen molar-refractivity contribution in [1.82, 2.24) is 5.32 Å². The van der Waals surface area contributed by atoms with Crippen LogP contribution in [0, 0.1) is 0 Å². The van der Waals surface area contributed by atoms with Gasteiger partial charge in [-0.2, -0.15) is 0 Å². The highest BCUT2D eigenvalue weighted by molar-refractivity contribution is 14.1. The van der Waals surface area contributed by atoms with E-state index in [0.717, 1.165) is 6.42 Å². The zero-order valence-electron chi connectivity index (χ0n) is 11.9. The van der Waals surface area contributed by atoms with Gasteiger partial charge in [0.1, 0.15) is 11.1 Å². The van der Waals surface area contributed by atoms with E-state index >= 15 is 0 Å². The molecule has 1 aliphatic carbocycles. The van der Waals surface area contributed by atoms with Crippen molar-refractivity contribution in [2.24, 2.45) is 0 Å². The van der Waals surface area contributed by atoms with Gasteiger partial charge in [-0.1, -0.05) is 22.6 Å². The quantitative estimate of drug-likeness (QED) is 0.463. The van der Waals surface area contributed by atoms with Gasteiger partial charge in [0.15, 0.2) is 0 Å². The van der Waals surface area contributed by atoms with E-state index in [0.29, 0.717) is 23.4 Å². The number of alkyl carbamates (subject to hydrolysis) is 1. The topological polar surface area (TPSA) is 64.6 Å². The van der Waals surface area contributed by atoms with Crippen LogP contribution in [0.15, 0.2) is 0 Å². The normalized spacial score (nSPS) is 26.9. The Morgan fingerprint density at radius 3 is 2.47 bits per heavy atom. The van der Waals surface area contributed by atoms with Gasteiger partial charge in [0, 0.05) is 3.92 Å². The van der Waals surface area contributed by atoms with Crippen molar-refractivity contribution in [2.75, 3.05) is 6.61 Å². The SMILES string of the molecule is CCOC(=O)[C@@]1(NC(=O)OC(C)(C)C)CC[C@@H](I)C1. The number of ether oxygens (including phenoxy) is 2. The van der Waals surface area contributed by atoms with Gasteiger partial charge < -0.3 is 14.8 Å². The molecule has 1 aliphatic rings. The molecule has 19 heavy (non-hydrogen) atoms. The van der Waals surface area contributed by atoms with Crippen LogP contribution in [0.4, 0.5) is 4.79 Å². The van der Waals surface area contributed by atoms with E-state index in [1.807, 2.05) is 0 Å². The highest BCUT2D eigenvalue weighted by Crippen LogP contribution is 2.36. The summed E-state index contributed by atoms with van der Waals surface area (Å²) in [6.45, 7) is 7.44. The van der Waals surface area contributed by atoms with Crippen LogP contribution in [0.1, 0.15) is 47.0 Å². The summed E-state index contributed by atoms with van der Waals surface area (Å²) in [4.78, 5) is 24.0. The molecule has 0 heterocycles. The Labute approximate surface area is 127 Å². The average molecular weight is 383 g/mol. The van der Waals surface area contributed by atoms with Crippen molar-refractivity contribution in [3.8, 4) is 0 Å². The number of halogens is 1. The number of hydrogen-bond acceptors (Lipinski definition) is 4. The zero-order chi connectivity index (χ0) is 14.7. The van der Waals surface area contributed by atoms with Gasteiger partial charge in [-0.25, -0.2) is 9.59 Å². The molecule has 0 radical (unpaired) electrons. The molecule has 0 aliphatic heterocycles. The average Bonchev–Trinajstić information content (AvgIpc) is 2.58. The lowest BCUT2D eigenvalue weighted by molar-refractivity contribution is -0.151. The predicted molar refractivity (Wildman–Crippen MR) is 80.4 cm³/mol. The fourth-order valence-corrected chi connectivity index (χ4v) is 3.17. The lowest BCUT2D eigenvalue weighted by atomic mass is 9.98. The van der Waals surface area contributed by atoms with Crippen molar-refractivity contribution in [3.05, 3.63) is 0 Å². The number of rotatable bonds is 3. The molecule has 5 nitrogen and oxygen atoms in total. The lowest BCUT2D eigenvalue weighted by Crippen LogP contribution is -2.54. The van der Waals surface area contributed by atoms with Crippen LogP contribution in [0.25, 0.3) is 0 Å². The second kappa shape index (κ2) is 6.28. The molecular weight excluding hydrogens is 361 g/mol. The fourth-order valence-electron chi connectivity index (χ4n) is 2.10. The van der Waals surface area contributed by atoms with E-state index in [2.05, 4.69) is 27.9 Å². The summed E-state index contributed by atoms with van der Waals surface area (Å²) in [5.74, 6) is -0.361. The fraction of sp³-hybridized carbons (Fsp3) is 0.846. The van der Waals surface area contributed by atoms with Gasteiger partial charge in [0.2, 0.25) is 0 Å². The second-order valence-electron chi connectivity index (χ2n) is 5.77. The van der Waals surface area contributed by atoms with Crippen LogP contribution in [-0.2, 0) is 14.3 Å². The number of hydrogen-bond donors (Lipinski definition) is 1. The number of esters is 1. The Hall–Kier alpha value is -0.530. The Morgan fingerprint density at radius 1 is 1.42 bits per heavy atom. The maximum atomic E-state index is 12.1. The predicted octanol–water partition coefficient (Wildman–Crippen LogP) is 2.80. The van der Waals surface area contributed by atoms with Crippen molar-refractivity contribution in [1.29, 1.82) is 0 Å². The molecule has 110 valence electrons. The summed E-state index contributed by atoms with van der Waals surface area (Å²) >= 11 is 2.29. The Bertz CT molecular complexity index is 353. The highest BCUT2D eigenvalue weighted by atomic mass is 127. The van der Waals surface area contributed by atoms with Crippen molar-refractivity contribution in [3.63, 3.8) is 0 Å². The van der Waals surface area contributed by atoms with Gasteiger partial charge in [0.05, 0.1) is 6.61 Å². The van der Waals surface area contributed by atoms with E-state index in [4.69, 9.17) is 9.47 Å². The van der Waals surface area contributed by atoms with Crippen LogP contribution in [-0.4, -0.2) is 33.7 Å². The first kappa shape index (κ1) is 16.5. The van der Waals surface area contributed by atoms with Gasteiger partial charge in [-0.05, 0) is 47.0 Å². The molecule has 0 aromatic heterocycles. The first-order chi connectivity index (χ1) is 8.68. The van der Waals surface area contributed by atoms with Gasteiger partial charge >= 0.3 is 12.1 Å². The summed E-state index contributed by atoms with van der Waals surface area (Å²) in [5, 5.41) is 2.72. The molecule has 0 unspecified atom stereocenters. The Kier molecular flexibility index (Phi) is 5.46. The molecule has 1 amide bonds. The molecule has 1 N–H and O–H groups in total. The minimum atomic E-state index is -0.926. The Morgan fingerprint density at radius 2 is 2.05 bits per heavy atom. The van der Waals surface area contributed by atoms with Gasteiger partial charge in [0.25, 0.3) is 0 Å². The molecule has 0 aromatic rings. The molecule has 0 bridgehead atoms. The number of carbonyl (C=O) groups is 2. The van der Waals surface area contributed by atoms with E-state index < -0.39 is 17.2 Å². The molecule has 6 heteroatoms. The molecule has 1 saturated carbocycles. The third-order valence-corrected chi connectivity index (χ3v) is 3.92. The summed E-state index contributed by atoms with van der Waals surface area (Å²) in [7, 11) is 0. The largest absolute Gasteiger partial charge is 0.464 e. The van der Waals surface area contributed by atoms with Crippen LogP contribution >= 0.6 is 22.6 Å². The molecule has 0 spiro atoms. The van der Waals surface area contributed by atoms with Gasteiger partial charge in [-0.15, -0.1) is 0 Å². The first-order valence-electron chi connectivity index (χ1n) is 6.51. The molecule has 1 fully saturated rings. The van der Waals surface area contributed by atoms with Crippen molar-refractivity contribution in [2.45, 2.75) is 62.0 Å². The number of alkyl halides is 1. The van der Waals surface area contributed by atoms with Gasteiger partial charge in [-0.3, -0.25) is 0 Å². The molecule has 0 aromatic carbocycles. The summed E-state index contributed by atoms with van der Waals surface area (Å²) in [5.41, 5.74) is -1.51. The van der Waals surface area contributed by atoms with E-state index in [1.165, 1.54) is 0 Å². The van der Waals surface area contributed by atoms with E-state index in [-0.39, 0.29) is 5.97 Å². The minimum Gasteiger partial charge on any atom is -0.464 e. The molecule has 2 atom stereocenters. The standard InChI is InChI=1S/C13H22INO4/c1-5-18-10(16)13(7-6-9(14)8-13)15-11(17)19-12(2,3)4/h9H,5-8H2,1-4H3,(H,15,17)/t9-,13-/m1/s1. The third-order valence-electron chi connectivity index (χ3n) is 2.86. The second-order valence-corrected chi connectivity index (χ2v) is 7.53. The van der Waals surface area contributed by atoms with Crippen LogP contribution in [0.5, 0.6) is 0 Å². The summed E-state index contributed by atoms with van der Waals surface area (Å²) in [6, 6.07) is 0. The van der Waals surface area contributed by atoms with E-state index in [9.17, 15) is 9.59 Å². The highest BCUT2D eigenvalue weighted by Gasteiger charge is 2.47. The zero-order valence-corrected chi connectivity index (χ0v) is 14.1. The van der Waals surface area contributed by atoms with Crippen molar-refractivity contribution >= 4 is 34.7 Å². The maximum absolute atomic E-state index is 12.1. The summed E-state index contributed by atoms with van der Waals surface area (Å²) < 4.78 is 10.7. The number of carbonyl (C=O) groups excluding carboxylic acids is 2. The molecule has 1 rings (SSSR count). The first-order valence-corrected chi connectivity index (χ1v) is 7.75. The lowest BCUT2D eigenvalue weighted by Gasteiger charge is -2.29. The van der Waals surface area contributed by atoms with E-state index in [1.54, 1.807) is 27.7 Å².